The molecule has 0 unspecified atom stereocenters. The summed E-state index contributed by atoms with van der Waals surface area (Å²) in [6, 6.07) is 13.4. The zero-order valence-corrected chi connectivity index (χ0v) is 15.4. The van der Waals surface area contributed by atoms with E-state index in [0.29, 0.717) is 5.75 Å². The van der Waals surface area contributed by atoms with Gasteiger partial charge < -0.3 is 15.0 Å². The molecule has 4 rings (SSSR count). The first-order chi connectivity index (χ1) is 13.1. The first-order valence-corrected chi connectivity index (χ1v) is 9.15. The number of amides is 1. The molecule has 0 aromatic heterocycles. The number of likely N-dealkylation sites (N-methyl/N-ethyl adjacent to an activating group) is 1. The number of fused-ring (bicyclic) bond motifs is 2. The third-order valence-electron chi connectivity index (χ3n) is 5.00. The Bertz CT molecular complexity index is 834. The lowest BCUT2D eigenvalue weighted by atomic mass is 10.1. The summed E-state index contributed by atoms with van der Waals surface area (Å²) in [5.74, 6) is 1.15. The Hall–Kier alpha value is -2.61. The molecule has 2 heterocycles. The van der Waals surface area contributed by atoms with Crippen LogP contribution in [0.3, 0.4) is 0 Å². The number of hydroxylamine groups is 2. The summed E-state index contributed by atoms with van der Waals surface area (Å²) in [4.78, 5) is 16.6. The second-order valence-corrected chi connectivity index (χ2v) is 7.08. The molecule has 2 aliphatic heterocycles. The summed E-state index contributed by atoms with van der Waals surface area (Å²) in [5.41, 5.74) is 2.60. The summed E-state index contributed by atoms with van der Waals surface area (Å²) >= 11 is 0. The summed E-state index contributed by atoms with van der Waals surface area (Å²) in [6.07, 6.45) is 0. The summed E-state index contributed by atoms with van der Waals surface area (Å²) in [7, 11) is 2.07. The van der Waals surface area contributed by atoms with Crippen molar-refractivity contribution in [2.24, 2.45) is 0 Å². The van der Waals surface area contributed by atoms with Gasteiger partial charge in [0.05, 0.1) is 24.5 Å². The largest absolute Gasteiger partial charge is 0.453 e. The van der Waals surface area contributed by atoms with Crippen LogP contribution in [0, 0.1) is 0 Å². The maximum atomic E-state index is 12.3. The number of carbonyl (C=O) groups is 1. The van der Waals surface area contributed by atoms with E-state index in [0.717, 1.165) is 53.9 Å². The lowest BCUT2D eigenvalue weighted by molar-refractivity contribution is -0.169. The molecule has 2 aliphatic rings. The highest BCUT2D eigenvalue weighted by Crippen LogP contribution is 2.41. The fraction of sp³-hybridized carbons (Fsp3) is 0.350. The summed E-state index contributed by atoms with van der Waals surface area (Å²) in [6.45, 7) is 3.93. The van der Waals surface area contributed by atoms with Crippen molar-refractivity contribution < 1.29 is 14.7 Å². The third-order valence-corrected chi connectivity index (χ3v) is 5.00. The number of nitrogens with one attached hydrogen (secondary N) is 1. The second-order valence-electron chi connectivity index (χ2n) is 7.08. The normalized spacial score (nSPS) is 16.7. The van der Waals surface area contributed by atoms with Gasteiger partial charge in [0.25, 0.3) is 5.91 Å². The van der Waals surface area contributed by atoms with Gasteiger partial charge in [0.2, 0.25) is 0 Å². The van der Waals surface area contributed by atoms with Gasteiger partial charge in [0.1, 0.15) is 0 Å². The van der Waals surface area contributed by atoms with Crippen molar-refractivity contribution in [2.45, 2.75) is 6.54 Å². The fourth-order valence-corrected chi connectivity index (χ4v) is 3.32. The van der Waals surface area contributed by atoms with E-state index in [1.807, 2.05) is 42.5 Å². The van der Waals surface area contributed by atoms with Gasteiger partial charge in [-0.1, -0.05) is 18.2 Å². The van der Waals surface area contributed by atoms with Crippen molar-refractivity contribution in [1.29, 1.82) is 0 Å². The zero-order chi connectivity index (χ0) is 18.8. The number of hydrogen-bond donors (Lipinski definition) is 2. The SMILES string of the molecule is CN1CCN(CC(=O)N(O)Cc2ccc3c(c2)Oc2ccccc2N3)CC1. The van der Waals surface area contributed by atoms with Crippen molar-refractivity contribution >= 4 is 17.3 Å². The predicted molar refractivity (Wildman–Crippen MR) is 103 cm³/mol. The molecule has 0 bridgehead atoms. The number of anilines is 2. The molecular weight excluding hydrogens is 344 g/mol. The Morgan fingerprint density at radius 1 is 1.11 bits per heavy atom. The van der Waals surface area contributed by atoms with Crippen LogP contribution < -0.4 is 10.1 Å². The molecule has 27 heavy (non-hydrogen) atoms. The van der Waals surface area contributed by atoms with Crippen molar-refractivity contribution in [2.75, 3.05) is 45.1 Å². The van der Waals surface area contributed by atoms with E-state index < -0.39 is 0 Å². The Morgan fingerprint density at radius 3 is 2.67 bits per heavy atom. The Morgan fingerprint density at radius 2 is 1.85 bits per heavy atom. The van der Waals surface area contributed by atoms with Gasteiger partial charge in [0.15, 0.2) is 11.5 Å². The molecule has 2 aromatic rings. The first kappa shape index (κ1) is 17.8. The van der Waals surface area contributed by atoms with Crippen LogP contribution in [0.5, 0.6) is 11.5 Å². The van der Waals surface area contributed by atoms with Gasteiger partial charge in [-0.05, 0) is 36.9 Å². The number of nitrogens with zero attached hydrogens (tertiary/aromatic N) is 3. The second kappa shape index (κ2) is 7.56. The molecule has 1 amide bonds. The van der Waals surface area contributed by atoms with Crippen LogP contribution in [0.2, 0.25) is 0 Å². The maximum absolute atomic E-state index is 12.3. The van der Waals surface area contributed by atoms with Crippen LogP contribution in [-0.4, -0.2) is 65.7 Å². The maximum Gasteiger partial charge on any atom is 0.260 e. The lowest BCUT2D eigenvalue weighted by Gasteiger charge is -2.32. The van der Waals surface area contributed by atoms with Crippen LogP contribution in [0.4, 0.5) is 11.4 Å². The Balaban J connectivity index is 1.38. The molecule has 0 atom stereocenters. The summed E-state index contributed by atoms with van der Waals surface area (Å²) in [5, 5.41) is 14.3. The first-order valence-electron chi connectivity index (χ1n) is 9.15. The van der Waals surface area contributed by atoms with Crippen molar-refractivity contribution in [3.8, 4) is 11.5 Å². The number of hydrogen-bond acceptors (Lipinski definition) is 6. The Kier molecular flexibility index (Phi) is 4.98. The van der Waals surface area contributed by atoms with E-state index in [9.17, 15) is 10.0 Å². The van der Waals surface area contributed by atoms with Crippen LogP contribution in [0.15, 0.2) is 42.5 Å². The van der Waals surface area contributed by atoms with E-state index in [1.165, 1.54) is 0 Å². The van der Waals surface area contributed by atoms with Crippen LogP contribution in [0.25, 0.3) is 0 Å². The minimum Gasteiger partial charge on any atom is -0.453 e. The minimum atomic E-state index is -0.290. The van der Waals surface area contributed by atoms with Crippen LogP contribution in [0.1, 0.15) is 5.56 Å². The highest BCUT2D eigenvalue weighted by Gasteiger charge is 2.21. The highest BCUT2D eigenvalue weighted by atomic mass is 16.5. The number of piperazine rings is 1. The molecule has 1 fully saturated rings. The number of ether oxygens (including phenoxy) is 1. The number of rotatable bonds is 4. The molecule has 7 heteroatoms. The van der Waals surface area contributed by atoms with Crippen molar-refractivity contribution in [3.63, 3.8) is 0 Å². The third kappa shape index (κ3) is 4.05. The molecule has 0 aliphatic carbocycles. The molecular formula is C20H24N4O3. The number of carbonyl (C=O) groups excluding carboxylic acids is 1. The monoisotopic (exact) mass is 368 g/mol. The van der Waals surface area contributed by atoms with Gasteiger partial charge in [-0.15, -0.1) is 0 Å². The fourth-order valence-electron chi connectivity index (χ4n) is 3.32. The van der Waals surface area contributed by atoms with Gasteiger partial charge in [-0.25, -0.2) is 5.06 Å². The average molecular weight is 368 g/mol. The molecule has 2 N–H and O–H groups in total. The van der Waals surface area contributed by atoms with Gasteiger partial charge in [-0.2, -0.15) is 0 Å². The highest BCUT2D eigenvalue weighted by molar-refractivity contribution is 5.78. The van der Waals surface area contributed by atoms with Gasteiger partial charge in [-0.3, -0.25) is 14.9 Å². The quantitative estimate of drug-likeness (QED) is 0.545. The van der Waals surface area contributed by atoms with E-state index in [4.69, 9.17) is 4.74 Å². The van der Waals surface area contributed by atoms with Gasteiger partial charge in [0, 0.05) is 26.2 Å². The van der Waals surface area contributed by atoms with Gasteiger partial charge >= 0.3 is 0 Å². The molecule has 2 aromatic carbocycles. The molecule has 0 saturated carbocycles. The number of para-hydroxylation sites is 2. The Labute approximate surface area is 158 Å². The topological polar surface area (TPSA) is 68.3 Å². The molecule has 0 spiro atoms. The number of benzene rings is 2. The summed E-state index contributed by atoms with van der Waals surface area (Å²) < 4.78 is 5.93. The van der Waals surface area contributed by atoms with E-state index in [1.54, 1.807) is 0 Å². The van der Waals surface area contributed by atoms with Crippen LogP contribution in [-0.2, 0) is 11.3 Å². The molecule has 1 saturated heterocycles. The average Bonchev–Trinajstić information content (AvgIpc) is 2.68. The molecule has 142 valence electrons. The standard InChI is InChI=1S/C20H24N4O3/c1-22-8-10-23(11-9-22)14-20(25)24(26)13-15-6-7-17-19(12-15)27-18-5-3-2-4-16(18)21-17/h2-7,12,21,26H,8-11,13-14H2,1H3. The minimum absolute atomic E-state index is 0.130. The predicted octanol–water partition coefficient (Wildman–Crippen LogP) is 2.50. The van der Waals surface area contributed by atoms with Crippen LogP contribution >= 0.6 is 0 Å². The van der Waals surface area contributed by atoms with Crippen molar-refractivity contribution in [3.05, 3.63) is 48.0 Å². The van der Waals surface area contributed by atoms with Crippen molar-refractivity contribution in [1.82, 2.24) is 14.9 Å². The molecule has 0 radical (unpaired) electrons. The van der Waals surface area contributed by atoms with E-state index in [2.05, 4.69) is 22.2 Å². The zero-order valence-electron chi connectivity index (χ0n) is 15.4. The molecule has 7 nitrogen and oxygen atoms in total. The lowest BCUT2D eigenvalue weighted by Crippen LogP contribution is -2.48. The van der Waals surface area contributed by atoms with E-state index >= 15 is 0 Å². The smallest absolute Gasteiger partial charge is 0.260 e. The van der Waals surface area contributed by atoms with E-state index in [-0.39, 0.29) is 19.0 Å².